The van der Waals surface area contributed by atoms with Gasteiger partial charge >= 0.3 is 0 Å². The van der Waals surface area contributed by atoms with E-state index in [2.05, 4.69) is 40.2 Å². The van der Waals surface area contributed by atoms with Crippen LogP contribution in [0.1, 0.15) is 40.5 Å². The van der Waals surface area contributed by atoms with E-state index in [4.69, 9.17) is 0 Å². The smallest absolute Gasteiger partial charge is 0.00793 e. The first-order chi connectivity index (χ1) is 4.74. The molecule has 0 spiro atoms. The summed E-state index contributed by atoms with van der Waals surface area (Å²) in [6.45, 7) is 8.50. The lowest BCUT2D eigenvalue weighted by atomic mass is 10.6. The Morgan fingerprint density at radius 1 is 0.700 bits per heavy atom. The highest BCUT2D eigenvalue weighted by atomic mass is 33.1. The Labute approximate surface area is 75.0 Å². The molecule has 10 heavy (non-hydrogen) atoms. The van der Waals surface area contributed by atoms with E-state index in [0.717, 1.165) is 0 Å². The summed E-state index contributed by atoms with van der Waals surface area (Å²) in [5, 5.41) is 0. The second-order valence-electron chi connectivity index (χ2n) is 1.75. The summed E-state index contributed by atoms with van der Waals surface area (Å²) in [5.41, 5.74) is 0. The Kier molecular flexibility index (Phi) is 56.4. The van der Waals surface area contributed by atoms with E-state index in [-0.39, 0.29) is 0 Å². The van der Waals surface area contributed by atoms with Crippen LogP contribution in [0.3, 0.4) is 0 Å². The minimum atomic E-state index is 1.25. The van der Waals surface area contributed by atoms with Crippen molar-refractivity contribution in [3.8, 4) is 0 Å². The zero-order valence-electron chi connectivity index (χ0n) is 8.23. The summed E-state index contributed by atoms with van der Waals surface area (Å²) in [6.07, 6.45) is 6.62. The summed E-state index contributed by atoms with van der Waals surface area (Å²) in [5.74, 6) is 0. The summed E-state index contributed by atoms with van der Waals surface area (Å²) in [6, 6.07) is 0. The van der Waals surface area contributed by atoms with Crippen LogP contribution in [0.25, 0.3) is 0 Å². The number of hydrogen-bond acceptors (Lipinski definition) is 2. The zero-order chi connectivity index (χ0) is 8.83. The largest absolute Gasteiger partial charge is 0.0979 e. The number of hydrogen-bond donors (Lipinski definition) is 0. The van der Waals surface area contributed by atoms with Gasteiger partial charge in [0.05, 0.1) is 0 Å². The predicted octanol–water partition coefficient (Wildman–Crippen LogP) is 4.46. The fraction of sp³-hybridized carbons (Fsp3) is 1.00. The molecule has 0 nitrogen and oxygen atoms in total. The van der Waals surface area contributed by atoms with Crippen molar-refractivity contribution in [3.63, 3.8) is 0 Å². The van der Waals surface area contributed by atoms with Crippen LogP contribution in [0.2, 0.25) is 0 Å². The van der Waals surface area contributed by atoms with E-state index >= 15 is 0 Å². The Morgan fingerprint density at radius 3 is 0.800 bits per heavy atom. The molecule has 0 bridgehead atoms. The Bertz CT molecular complexity index is 19.2. The van der Waals surface area contributed by atoms with Crippen LogP contribution < -0.4 is 0 Å². The SMILES string of the molecule is CCC.CCC.CSSC. The van der Waals surface area contributed by atoms with E-state index in [0.29, 0.717) is 0 Å². The maximum atomic E-state index is 2.12. The molecule has 0 aliphatic heterocycles. The zero-order valence-corrected chi connectivity index (χ0v) is 9.86. The normalized spacial score (nSPS) is 6.60. The van der Waals surface area contributed by atoms with Crippen LogP contribution in [0.5, 0.6) is 0 Å². The summed E-state index contributed by atoms with van der Waals surface area (Å²) in [4.78, 5) is 0. The average Bonchev–Trinajstić information content (AvgIpc) is 1.91. The molecule has 0 aromatic heterocycles. The fourth-order valence-electron chi connectivity index (χ4n) is 0. The van der Waals surface area contributed by atoms with Gasteiger partial charge in [-0.15, -0.1) is 0 Å². The van der Waals surface area contributed by atoms with Gasteiger partial charge in [0, 0.05) is 0 Å². The van der Waals surface area contributed by atoms with Gasteiger partial charge in [0.25, 0.3) is 0 Å². The third kappa shape index (κ3) is 178. The van der Waals surface area contributed by atoms with Gasteiger partial charge in [-0.25, -0.2) is 0 Å². The van der Waals surface area contributed by atoms with Gasteiger partial charge in [-0.2, -0.15) is 0 Å². The molecule has 0 radical (unpaired) electrons. The van der Waals surface area contributed by atoms with Crippen LogP contribution >= 0.6 is 21.6 Å². The van der Waals surface area contributed by atoms with Crippen molar-refractivity contribution in [2.45, 2.75) is 40.5 Å². The fourth-order valence-corrected chi connectivity index (χ4v) is 0. The molecule has 0 saturated carbocycles. The van der Waals surface area contributed by atoms with Gasteiger partial charge in [0.15, 0.2) is 0 Å². The lowest BCUT2D eigenvalue weighted by Gasteiger charge is -1.69. The maximum absolute atomic E-state index is 2.12. The van der Waals surface area contributed by atoms with Crippen molar-refractivity contribution in [1.29, 1.82) is 0 Å². The standard InChI is InChI=1S/2C3H8.C2H6S2/c2*1-3-2;1-3-4-2/h2*3H2,1-2H3;1-2H3. The van der Waals surface area contributed by atoms with Gasteiger partial charge in [-0.05, 0) is 12.5 Å². The molecule has 0 N–H and O–H groups in total. The first-order valence-electron chi connectivity index (χ1n) is 3.81. The second kappa shape index (κ2) is 33.2. The molecule has 0 heterocycles. The van der Waals surface area contributed by atoms with Crippen molar-refractivity contribution in [1.82, 2.24) is 0 Å². The third-order valence-corrected chi connectivity index (χ3v) is 1.50. The quantitative estimate of drug-likeness (QED) is 0.549. The van der Waals surface area contributed by atoms with Crippen molar-refractivity contribution in [2.75, 3.05) is 12.5 Å². The molecule has 0 unspecified atom stereocenters. The van der Waals surface area contributed by atoms with E-state index in [9.17, 15) is 0 Å². The molecule has 0 saturated heterocycles. The Hall–Kier alpha value is 0.700. The van der Waals surface area contributed by atoms with Gasteiger partial charge in [0.1, 0.15) is 0 Å². The lowest BCUT2D eigenvalue weighted by molar-refractivity contribution is 1.09. The Balaban J connectivity index is -0.0000000750. The molecule has 0 aromatic carbocycles. The van der Waals surface area contributed by atoms with Crippen LogP contribution in [0, 0.1) is 0 Å². The third-order valence-electron chi connectivity index (χ3n) is 0.167. The first kappa shape index (κ1) is 17.0. The molecular formula is C8H22S2. The molecule has 0 fully saturated rings. The van der Waals surface area contributed by atoms with Gasteiger partial charge in [-0.3, -0.25) is 0 Å². The van der Waals surface area contributed by atoms with Crippen LogP contribution in [0.4, 0.5) is 0 Å². The van der Waals surface area contributed by atoms with E-state index in [1.54, 1.807) is 21.6 Å². The van der Waals surface area contributed by atoms with Gasteiger partial charge in [-0.1, -0.05) is 62.1 Å². The highest BCUT2D eigenvalue weighted by molar-refractivity contribution is 8.76. The van der Waals surface area contributed by atoms with Crippen LogP contribution in [-0.2, 0) is 0 Å². The minimum absolute atomic E-state index is 1.25. The summed E-state index contributed by atoms with van der Waals surface area (Å²) < 4.78 is 0. The van der Waals surface area contributed by atoms with Gasteiger partial charge < -0.3 is 0 Å². The molecular weight excluding hydrogens is 160 g/mol. The van der Waals surface area contributed by atoms with E-state index in [1.165, 1.54) is 12.8 Å². The highest BCUT2D eigenvalue weighted by Crippen LogP contribution is 2.09. The van der Waals surface area contributed by atoms with Crippen molar-refractivity contribution in [2.24, 2.45) is 0 Å². The molecule has 0 amide bonds. The maximum Gasteiger partial charge on any atom is -0.00793 e. The molecule has 0 aliphatic carbocycles. The topological polar surface area (TPSA) is 0 Å². The molecule has 2 heteroatoms. The highest BCUT2D eigenvalue weighted by Gasteiger charge is 1.55. The summed E-state index contributed by atoms with van der Waals surface area (Å²) >= 11 is 0. The molecule has 0 aromatic rings. The number of rotatable bonds is 1. The average molecular weight is 182 g/mol. The van der Waals surface area contributed by atoms with Gasteiger partial charge in [0.2, 0.25) is 0 Å². The van der Waals surface area contributed by atoms with E-state index < -0.39 is 0 Å². The Morgan fingerprint density at radius 2 is 0.800 bits per heavy atom. The summed E-state index contributed by atoms with van der Waals surface area (Å²) in [7, 11) is 3.55. The van der Waals surface area contributed by atoms with Crippen molar-refractivity contribution < 1.29 is 0 Å². The molecule has 0 atom stereocenters. The van der Waals surface area contributed by atoms with Crippen molar-refractivity contribution in [3.05, 3.63) is 0 Å². The lowest BCUT2D eigenvalue weighted by Crippen LogP contribution is -1.28. The van der Waals surface area contributed by atoms with Crippen LogP contribution in [-0.4, -0.2) is 12.5 Å². The van der Waals surface area contributed by atoms with E-state index in [1.807, 2.05) is 0 Å². The first-order valence-corrected chi connectivity index (χ1v) is 6.78. The van der Waals surface area contributed by atoms with Crippen LogP contribution in [0.15, 0.2) is 0 Å². The molecule has 0 rings (SSSR count). The minimum Gasteiger partial charge on any atom is -0.0979 e. The predicted molar refractivity (Wildman–Crippen MR) is 59.0 cm³/mol. The monoisotopic (exact) mass is 182 g/mol. The molecule has 66 valence electrons. The second-order valence-corrected chi connectivity index (χ2v) is 4.41. The molecule has 0 aliphatic rings. The van der Waals surface area contributed by atoms with Crippen molar-refractivity contribution >= 4 is 21.6 Å².